The molecule has 6 heteroatoms. The predicted molar refractivity (Wildman–Crippen MR) is 148 cm³/mol. The van der Waals surface area contributed by atoms with Crippen molar-refractivity contribution < 1.29 is 4.79 Å². The lowest BCUT2D eigenvalue weighted by molar-refractivity contribution is -0.115. The highest BCUT2D eigenvalue weighted by Crippen LogP contribution is 2.32. The average Bonchev–Trinajstić information content (AvgIpc) is 3.34. The Morgan fingerprint density at radius 1 is 0.914 bits per heavy atom. The molecule has 0 saturated carbocycles. The van der Waals surface area contributed by atoms with E-state index in [9.17, 15) is 4.79 Å². The smallest absolute Gasteiger partial charge is 0.264 e. The van der Waals surface area contributed by atoms with Crippen LogP contribution in [0.2, 0.25) is 5.02 Å². The van der Waals surface area contributed by atoms with E-state index in [1.54, 1.807) is 6.07 Å². The first-order chi connectivity index (χ1) is 16.9. The van der Waals surface area contributed by atoms with E-state index in [-0.39, 0.29) is 5.91 Å². The lowest BCUT2D eigenvalue weighted by atomic mass is 10.1. The normalized spacial score (nSPS) is 15.7. The largest absolute Gasteiger partial charge is 0.318 e. The van der Waals surface area contributed by atoms with E-state index in [0.717, 1.165) is 33.9 Å². The van der Waals surface area contributed by atoms with E-state index in [2.05, 4.69) is 71.2 Å². The summed E-state index contributed by atoms with van der Waals surface area (Å²) in [5.41, 5.74) is 8.40. The van der Waals surface area contributed by atoms with Crippen LogP contribution in [0.5, 0.6) is 0 Å². The topological polar surface area (TPSA) is 46.4 Å². The van der Waals surface area contributed by atoms with Gasteiger partial charge in [-0.25, -0.2) is 4.99 Å². The van der Waals surface area contributed by atoms with Gasteiger partial charge in [0, 0.05) is 22.1 Å². The molecule has 3 aromatic carbocycles. The van der Waals surface area contributed by atoms with E-state index in [4.69, 9.17) is 11.6 Å². The monoisotopic (exact) mass is 497 g/mol. The van der Waals surface area contributed by atoms with Crippen molar-refractivity contribution in [1.29, 1.82) is 0 Å². The number of amides is 1. The third kappa shape index (κ3) is 4.83. The fourth-order valence-electron chi connectivity index (χ4n) is 4.20. The molecule has 1 aliphatic rings. The number of aliphatic imine (C=N–C) groups is 1. The molecule has 5 rings (SSSR count). The molecule has 1 N–H and O–H groups in total. The van der Waals surface area contributed by atoms with E-state index < -0.39 is 0 Å². The highest BCUT2D eigenvalue weighted by molar-refractivity contribution is 8.18. The molecule has 1 saturated heterocycles. The maximum atomic E-state index is 12.7. The molecule has 1 amide bonds. The number of aromatic nitrogens is 1. The summed E-state index contributed by atoms with van der Waals surface area (Å²) in [5, 5.41) is 4.04. The third-order valence-electron chi connectivity index (χ3n) is 6.03. The number of nitrogens with one attached hydrogen (secondary N) is 1. The van der Waals surface area contributed by atoms with Gasteiger partial charge in [-0.2, -0.15) is 0 Å². The summed E-state index contributed by atoms with van der Waals surface area (Å²) in [4.78, 5) is 17.9. The van der Waals surface area contributed by atoms with Crippen LogP contribution >= 0.6 is 23.4 Å². The van der Waals surface area contributed by atoms with Crippen LogP contribution in [0, 0.1) is 20.8 Å². The first kappa shape index (κ1) is 23.2. The lowest BCUT2D eigenvalue weighted by Crippen LogP contribution is -2.19. The number of thioether (sulfide) groups is 1. The number of aryl methyl sites for hydroxylation is 2. The maximum Gasteiger partial charge on any atom is 0.264 e. The summed E-state index contributed by atoms with van der Waals surface area (Å²) in [5.74, 6) is -0.148. The Morgan fingerprint density at radius 2 is 1.63 bits per heavy atom. The SMILES string of the molecule is Cc1ccc(Cl)cc1N=C1NC(=O)/C(=C/c2cc(C)n(-c3ccc(-c4ccccc4)cc3)c2C)S1. The van der Waals surface area contributed by atoms with Crippen LogP contribution < -0.4 is 5.32 Å². The zero-order valence-corrected chi connectivity index (χ0v) is 21.2. The molecular weight excluding hydrogens is 474 g/mol. The highest BCUT2D eigenvalue weighted by Gasteiger charge is 2.25. The van der Waals surface area contributed by atoms with Crippen molar-refractivity contribution >= 4 is 46.2 Å². The van der Waals surface area contributed by atoms with Crippen molar-refractivity contribution in [2.24, 2.45) is 4.99 Å². The minimum absolute atomic E-state index is 0.148. The van der Waals surface area contributed by atoms with Crippen molar-refractivity contribution in [3.8, 4) is 16.8 Å². The molecule has 0 atom stereocenters. The second-order valence-corrected chi connectivity index (χ2v) is 9.95. The first-order valence-corrected chi connectivity index (χ1v) is 12.5. The Balaban J connectivity index is 1.42. The number of halogens is 1. The van der Waals surface area contributed by atoms with Crippen LogP contribution in [0.4, 0.5) is 5.69 Å². The van der Waals surface area contributed by atoms with E-state index in [1.807, 2.05) is 43.3 Å². The molecule has 4 aromatic rings. The van der Waals surface area contributed by atoms with Gasteiger partial charge in [0.15, 0.2) is 5.17 Å². The zero-order valence-electron chi connectivity index (χ0n) is 19.7. The van der Waals surface area contributed by atoms with Gasteiger partial charge in [0.1, 0.15) is 0 Å². The van der Waals surface area contributed by atoms with Gasteiger partial charge in [0.05, 0.1) is 10.6 Å². The summed E-state index contributed by atoms with van der Waals surface area (Å²) in [7, 11) is 0. The molecule has 0 aliphatic carbocycles. The van der Waals surface area contributed by atoms with Gasteiger partial charge in [0.2, 0.25) is 0 Å². The molecule has 0 spiro atoms. The van der Waals surface area contributed by atoms with Crippen molar-refractivity contribution in [2.75, 3.05) is 0 Å². The molecule has 0 unspecified atom stereocenters. The van der Waals surface area contributed by atoms with Crippen molar-refractivity contribution in [3.05, 3.63) is 111 Å². The minimum atomic E-state index is -0.148. The average molecular weight is 498 g/mol. The Bertz CT molecular complexity index is 1480. The van der Waals surface area contributed by atoms with Gasteiger partial charge in [-0.05, 0) is 91.2 Å². The second-order valence-electron chi connectivity index (χ2n) is 8.49. The van der Waals surface area contributed by atoms with Gasteiger partial charge in [0.25, 0.3) is 5.91 Å². The molecule has 1 aliphatic heterocycles. The lowest BCUT2D eigenvalue weighted by Gasteiger charge is -2.11. The van der Waals surface area contributed by atoms with Crippen LogP contribution in [0.3, 0.4) is 0 Å². The molecule has 1 fully saturated rings. The summed E-state index contributed by atoms with van der Waals surface area (Å²) in [6.07, 6.45) is 1.94. The number of hydrogen-bond donors (Lipinski definition) is 1. The fraction of sp³-hybridized carbons (Fsp3) is 0.103. The number of benzene rings is 3. The third-order valence-corrected chi connectivity index (χ3v) is 7.18. The minimum Gasteiger partial charge on any atom is -0.318 e. The number of carbonyl (C=O) groups is 1. The number of amidine groups is 1. The van der Waals surface area contributed by atoms with Crippen LogP contribution in [-0.4, -0.2) is 15.6 Å². The summed E-state index contributed by atoms with van der Waals surface area (Å²) < 4.78 is 2.21. The maximum absolute atomic E-state index is 12.7. The summed E-state index contributed by atoms with van der Waals surface area (Å²) in [6, 6.07) is 26.6. The number of hydrogen-bond acceptors (Lipinski definition) is 3. The van der Waals surface area contributed by atoms with E-state index >= 15 is 0 Å². The Labute approximate surface area is 214 Å². The summed E-state index contributed by atoms with van der Waals surface area (Å²) in [6.45, 7) is 6.12. The molecule has 1 aromatic heterocycles. The molecule has 4 nitrogen and oxygen atoms in total. The highest BCUT2D eigenvalue weighted by atomic mass is 35.5. The van der Waals surface area contributed by atoms with Gasteiger partial charge >= 0.3 is 0 Å². The number of rotatable bonds is 4. The van der Waals surface area contributed by atoms with Crippen molar-refractivity contribution in [2.45, 2.75) is 20.8 Å². The van der Waals surface area contributed by atoms with E-state index in [0.29, 0.717) is 15.1 Å². The van der Waals surface area contributed by atoms with Gasteiger partial charge in [-0.15, -0.1) is 0 Å². The molecule has 2 heterocycles. The van der Waals surface area contributed by atoms with Crippen LogP contribution in [0.1, 0.15) is 22.5 Å². The molecule has 0 radical (unpaired) electrons. The van der Waals surface area contributed by atoms with Crippen LogP contribution in [0.25, 0.3) is 22.9 Å². The van der Waals surface area contributed by atoms with Crippen LogP contribution in [0.15, 0.2) is 88.8 Å². The van der Waals surface area contributed by atoms with Crippen molar-refractivity contribution in [1.82, 2.24) is 9.88 Å². The molecule has 35 heavy (non-hydrogen) atoms. The number of carbonyl (C=O) groups excluding carboxylic acids is 1. The zero-order chi connectivity index (χ0) is 24.5. The predicted octanol–water partition coefficient (Wildman–Crippen LogP) is 7.61. The van der Waals surface area contributed by atoms with E-state index in [1.165, 1.54) is 22.9 Å². The summed E-state index contributed by atoms with van der Waals surface area (Å²) >= 11 is 7.45. The quantitative estimate of drug-likeness (QED) is 0.295. The van der Waals surface area contributed by atoms with Gasteiger partial charge in [-0.3, -0.25) is 4.79 Å². The molecule has 174 valence electrons. The number of nitrogens with zero attached hydrogens (tertiary/aromatic N) is 2. The Morgan fingerprint density at radius 3 is 2.37 bits per heavy atom. The van der Waals surface area contributed by atoms with Crippen molar-refractivity contribution in [3.63, 3.8) is 0 Å². The second kappa shape index (κ2) is 9.61. The van der Waals surface area contributed by atoms with Crippen LogP contribution in [-0.2, 0) is 4.79 Å². The molecule has 0 bridgehead atoms. The Hall–Kier alpha value is -3.54. The standard InChI is InChI=1S/C29H24ClN3OS/c1-18-9-12-24(30)17-26(18)31-29-32-28(34)27(35-29)16-23-15-19(2)33(20(23)3)25-13-10-22(11-14-25)21-7-5-4-6-8-21/h4-17H,1-3H3,(H,31,32,34)/b27-16-. The molecular formula is C29H24ClN3OS. The fourth-order valence-corrected chi connectivity index (χ4v) is 5.19. The first-order valence-electron chi connectivity index (χ1n) is 11.3. The van der Waals surface area contributed by atoms with Gasteiger partial charge in [-0.1, -0.05) is 60.1 Å². The Kier molecular flexibility index (Phi) is 6.37. The van der Waals surface area contributed by atoms with Gasteiger partial charge < -0.3 is 9.88 Å².